The molecule has 1 rings (SSSR count). The Morgan fingerprint density at radius 3 is 2.88 bits per heavy atom. The molecule has 92 valence electrons. The summed E-state index contributed by atoms with van der Waals surface area (Å²) in [6, 6.07) is 6.51. The van der Waals surface area contributed by atoms with Crippen LogP contribution >= 0.6 is 12.6 Å². The molecule has 0 N–H and O–H groups in total. The first-order valence-electron chi connectivity index (χ1n) is 4.76. The Balaban J connectivity index is 2.51. The highest BCUT2D eigenvalue weighted by molar-refractivity contribution is 7.80. The second kappa shape index (κ2) is 6.09. The fourth-order valence-electron chi connectivity index (χ4n) is 1.08. The van der Waals surface area contributed by atoms with E-state index in [1.807, 2.05) is 0 Å². The number of ether oxygens (including phenoxy) is 1. The highest BCUT2D eigenvalue weighted by Crippen LogP contribution is 2.10. The third-order valence-electron chi connectivity index (χ3n) is 1.80. The Hall–Kier alpha value is -1.76. The predicted molar refractivity (Wildman–Crippen MR) is 61.5 cm³/mol. The molecule has 0 aliphatic rings. The maximum Gasteiger partial charge on any atom is 0.338 e. The van der Waals surface area contributed by atoms with E-state index in [-0.39, 0.29) is 6.61 Å². The highest BCUT2D eigenvalue weighted by Gasteiger charge is 2.13. The van der Waals surface area contributed by atoms with E-state index in [0.29, 0.717) is 10.5 Å². The molecule has 7 heteroatoms. The van der Waals surface area contributed by atoms with Crippen LogP contribution in [0.15, 0.2) is 29.2 Å². The Kier molecular flexibility index (Phi) is 4.77. The van der Waals surface area contributed by atoms with Crippen molar-refractivity contribution < 1.29 is 19.5 Å². The standard InChI is InChI=1S/C10H11NO5S/c1-7(6-15-11(13)14)16-10(12)8-3-2-4-9(17)5-8/h2-5,7,17H,6H2,1H3. The smallest absolute Gasteiger partial charge is 0.338 e. The molecule has 0 radical (unpaired) electrons. The van der Waals surface area contributed by atoms with Crippen molar-refractivity contribution in [3.63, 3.8) is 0 Å². The van der Waals surface area contributed by atoms with Crippen LogP contribution in [0.3, 0.4) is 0 Å². The van der Waals surface area contributed by atoms with Gasteiger partial charge in [-0.3, -0.25) is 0 Å². The minimum absolute atomic E-state index is 0.292. The first-order chi connectivity index (χ1) is 7.99. The Morgan fingerprint density at radius 2 is 2.29 bits per heavy atom. The minimum atomic E-state index is -0.932. The molecule has 1 aromatic carbocycles. The van der Waals surface area contributed by atoms with Crippen molar-refractivity contribution in [2.24, 2.45) is 0 Å². The topological polar surface area (TPSA) is 78.7 Å². The summed E-state index contributed by atoms with van der Waals surface area (Å²) in [5.74, 6) is -0.569. The molecule has 0 saturated heterocycles. The van der Waals surface area contributed by atoms with E-state index < -0.39 is 17.2 Å². The number of esters is 1. The summed E-state index contributed by atoms with van der Waals surface area (Å²) in [7, 11) is 0. The van der Waals surface area contributed by atoms with Crippen molar-refractivity contribution in [2.45, 2.75) is 17.9 Å². The zero-order valence-corrected chi connectivity index (χ0v) is 9.92. The molecule has 0 saturated carbocycles. The molecule has 1 unspecified atom stereocenters. The van der Waals surface area contributed by atoms with E-state index in [1.165, 1.54) is 6.92 Å². The number of thiol groups is 1. The zero-order valence-electron chi connectivity index (χ0n) is 9.03. The van der Waals surface area contributed by atoms with Crippen molar-refractivity contribution in [3.8, 4) is 0 Å². The first kappa shape index (κ1) is 13.3. The molecule has 0 heterocycles. The monoisotopic (exact) mass is 257 g/mol. The summed E-state index contributed by atoms with van der Waals surface area (Å²) in [6.07, 6.45) is -0.698. The van der Waals surface area contributed by atoms with E-state index in [1.54, 1.807) is 24.3 Å². The molecule has 0 fully saturated rings. The molecule has 1 aromatic rings. The molecule has 17 heavy (non-hydrogen) atoms. The van der Waals surface area contributed by atoms with Crippen LogP contribution in [-0.2, 0) is 9.57 Å². The molecule has 6 nitrogen and oxygen atoms in total. The van der Waals surface area contributed by atoms with Crippen molar-refractivity contribution >= 4 is 18.6 Å². The van der Waals surface area contributed by atoms with Crippen molar-refractivity contribution in [2.75, 3.05) is 6.61 Å². The van der Waals surface area contributed by atoms with Gasteiger partial charge in [-0.2, -0.15) is 0 Å². The highest BCUT2D eigenvalue weighted by atomic mass is 32.1. The van der Waals surface area contributed by atoms with Crippen LogP contribution in [0.4, 0.5) is 0 Å². The minimum Gasteiger partial charge on any atom is -0.457 e. The fourth-order valence-corrected chi connectivity index (χ4v) is 1.31. The second-order valence-electron chi connectivity index (χ2n) is 3.29. The van der Waals surface area contributed by atoms with Crippen LogP contribution in [0.5, 0.6) is 0 Å². The number of benzene rings is 1. The average Bonchev–Trinajstić information content (AvgIpc) is 2.26. The van der Waals surface area contributed by atoms with Gasteiger partial charge in [0, 0.05) is 4.90 Å². The molecule has 1 atom stereocenters. The van der Waals surface area contributed by atoms with Gasteiger partial charge in [0.15, 0.2) is 0 Å². The van der Waals surface area contributed by atoms with Gasteiger partial charge < -0.3 is 9.57 Å². The SMILES string of the molecule is CC(CO[N+](=O)[O-])OC(=O)c1cccc(S)c1. The van der Waals surface area contributed by atoms with E-state index >= 15 is 0 Å². The van der Waals surface area contributed by atoms with Gasteiger partial charge in [0.05, 0.1) is 5.56 Å². The van der Waals surface area contributed by atoms with Crippen LogP contribution in [0.25, 0.3) is 0 Å². The van der Waals surface area contributed by atoms with Gasteiger partial charge in [-0.1, -0.05) is 6.07 Å². The van der Waals surface area contributed by atoms with Crippen LogP contribution in [0, 0.1) is 10.1 Å². The lowest BCUT2D eigenvalue weighted by Gasteiger charge is -2.11. The molecular weight excluding hydrogens is 246 g/mol. The van der Waals surface area contributed by atoms with Crippen molar-refractivity contribution in [3.05, 3.63) is 39.9 Å². The summed E-state index contributed by atoms with van der Waals surface area (Å²) >= 11 is 4.09. The maximum absolute atomic E-state index is 11.6. The lowest BCUT2D eigenvalue weighted by Crippen LogP contribution is -2.22. The van der Waals surface area contributed by atoms with Crippen molar-refractivity contribution in [1.82, 2.24) is 0 Å². The van der Waals surface area contributed by atoms with Crippen LogP contribution < -0.4 is 0 Å². The van der Waals surface area contributed by atoms with Gasteiger partial charge in [0.2, 0.25) is 0 Å². The van der Waals surface area contributed by atoms with E-state index in [2.05, 4.69) is 17.5 Å². The fraction of sp³-hybridized carbons (Fsp3) is 0.300. The predicted octanol–water partition coefficient (Wildman–Crippen LogP) is 1.73. The van der Waals surface area contributed by atoms with Gasteiger partial charge in [-0.15, -0.1) is 22.7 Å². The molecule has 0 aliphatic heterocycles. The van der Waals surface area contributed by atoms with Crippen molar-refractivity contribution in [1.29, 1.82) is 0 Å². The number of rotatable bonds is 5. The molecule has 0 aliphatic carbocycles. The van der Waals surface area contributed by atoms with Gasteiger partial charge in [-0.05, 0) is 25.1 Å². The van der Waals surface area contributed by atoms with E-state index in [0.717, 1.165) is 0 Å². The molecule has 0 aromatic heterocycles. The van der Waals surface area contributed by atoms with Crippen LogP contribution in [0.2, 0.25) is 0 Å². The van der Waals surface area contributed by atoms with Gasteiger partial charge in [0.1, 0.15) is 12.7 Å². The number of hydrogen-bond donors (Lipinski definition) is 1. The summed E-state index contributed by atoms with van der Waals surface area (Å²) < 4.78 is 4.94. The summed E-state index contributed by atoms with van der Waals surface area (Å²) in [4.78, 5) is 26.2. The Bertz CT molecular complexity index is 423. The number of carbonyl (C=O) groups excluding carboxylic acids is 1. The largest absolute Gasteiger partial charge is 0.457 e. The molecule has 0 spiro atoms. The normalized spacial score (nSPS) is 11.6. The first-order valence-corrected chi connectivity index (χ1v) is 5.21. The summed E-state index contributed by atoms with van der Waals surface area (Å²) in [5.41, 5.74) is 0.338. The molecular formula is C10H11NO5S. The van der Waals surface area contributed by atoms with E-state index in [9.17, 15) is 14.9 Å². The average molecular weight is 257 g/mol. The summed E-state index contributed by atoms with van der Waals surface area (Å²) in [6.45, 7) is 1.21. The lowest BCUT2D eigenvalue weighted by atomic mass is 10.2. The lowest BCUT2D eigenvalue weighted by molar-refractivity contribution is -0.759. The summed E-state index contributed by atoms with van der Waals surface area (Å²) in [5, 5.41) is 9.01. The van der Waals surface area contributed by atoms with E-state index in [4.69, 9.17) is 4.74 Å². The third-order valence-corrected chi connectivity index (χ3v) is 2.08. The quantitative estimate of drug-likeness (QED) is 0.376. The van der Waals surface area contributed by atoms with Crippen LogP contribution in [-0.4, -0.2) is 23.8 Å². The third kappa shape index (κ3) is 4.73. The van der Waals surface area contributed by atoms with Crippen LogP contribution in [0.1, 0.15) is 17.3 Å². The van der Waals surface area contributed by atoms with Gasteiger partial charge in [0.25, 0.3) is 5.09 Å². The number of carbonyl (C=O) groups is 1. The Labute approximate surface area is 103 Å². The molecule has 0 bridgehead atoms. The molecule has 0 amide bonds. The van der Waals surface area contributed by atoms with Gasteiger partial charge in [-0.25, -0.2) is 4.79 Å². The Morgan fingerprint density at radius 1 is 1.59 bits per heavy atom. The zero-order chi connectivity index (χ0) is 12.8. The number of nitrogens with zero attached hydrogens (tertiary/aromatic N) is 1. The van der Waals surface area contributed by atoms with Gasteiger partial charge >= 0.3 is 5.97 Å². The number of hydrogen-bond acceptors (Lipinski definition) is 6. The second-order valence-corrected chi connectivity index (χ2v) is 3.80. The maximum atomic E-state index is 11.6.